The Morgan fingerprint density at radius 1 is 1.21 bits per heavy atom. The molecule has 2 atom stereocenters. The van der Waals surface area contributed by atoms with Crippen LogP contribution in [-0.4, -0.2) is 30.4 Å². The van der Waals surface area contributed by atoms with Crippen molar-refractivity contribution in [2.75, 3.05) is 7.11 Å². The number of hydrogen-bond acceptors (Lipinski definition) is 4. The maximum absolute atomic E-state index is 14.1. The average molecular weight is 449 g/mol. The molecular weight excluding hydrogens is 419 g/mol. The van der Waals surface area contributed by atoms with E-state index in [4.69, 9.17) is 9.47 Å². The number of allylic oxidation sites excluding steroid dienone is 3. The van der Waals surface area contributed by atoms with Gasteiger partial charge in [-0.25, -0.2) is 4.39 Å². The van der Waals surface area contributed by atoms with Crippen molar-refractivity contribution in [3.8, 4) is 5.75 Å². The molecule has 2 aromatic carbocycles. The number of carbonyl (C=O) groups excluding carboxylic acids is 1. The van der Waals surface area contributed by atoms with E-state index >= 15 is 0 Å². The zero-order valence-electron chi connectivity index (χ0n) is 19.4. The molecule has 1 saturated heterocycles. The largest absolute Gasteiger partial charge is 0.497 e. The SMILES string of the molecule is COc1ccc2c(c1)C=CC(C)(C)C(C=CC1CC(O)CC(=O)O1)=C2c1ccc(F)c(C)c1. The van der Waals surface area contributed by atoms with Gasteiger partial charge >= 0.3 is 5.97 Å². The third-order valence-corrected chi connectivity index (χ3v) is 6.28. The quantitative estimate of drug-likeness (QED) is 0.617. The first-order valence-corrected chi connectivity index (χ1v) is 11.1. The van der Waals surface area contributed by atoms with Crippen LogP contribution in [0.3, 0.4) is 0 Å². The fourth-order valence-electron chi connectivity index (χ4n) is 4.43. The fraction of sp³-hybridized carbons (Fsp3) is 0.321. The average Bonchev–Trinajstić information content (AvgIpc) is 2.87. The minimum Gasteiger partial charge on any atom is -0.497 e. The molecule has 0 amide bonds. The highest BCUT2D eigenvalue weighted by Crippen LogP contribution is 2.44. The highest BCUT2D eigenvalue weighted by atomic mass is 19.1. The monoisotopic (exact) mass is 448 g/mol. The molecule has 0 bridgehead atoms. The summed E-state index contributed by atoms with van der Waals surface area (Å²) in [6.07, 6.45) is 7.23. The van der Waals surface area contributed by atoms with E-state index in [9.17, 15) is 14.3 Å². The van der Waals surface area contributed by atoms with E-state index in [0.29, 0.717) is 12.0 Å². The second kappa shape index (κ2) is 8.99. The van der Waals surface area contributed by atoms with Crippen LogP contribution in [0, 0.1) is 18.2 Å². The predicted molar refractivity (Wildman–Crippen MR) is 127 cm³/mol. The lowest BCUT2D eigenvalue weighted by atomic mass is 9.78. The third kappa shape index (κ3) is 4.79. The van der Waals surface area contributed by atoms with Crippen molar-refractivity contribution >= 4 is 17.6 Å². The van der Waals surface area contributed by atoms with Gasteiger partial charge in [0.05, 0.1) is 19.6 Å². The van der Waals surface area contributed by atoms with Gasteiger partial charge in [0.2, 0.25) is 0 Å². The molecule has 1 fully saturated rings. The zero-order chi connectivity index (χ0) is 23.8. The van der Waals surface area contributed by atoms with Gasteiger partial charge in [-0.3, -0.25) is 4.79 Å². The number of hydrogen-bond donors (Lipinski definition) is 1. The highest BCUT2D eigenvalue weighted by Gasteiger charge is 2.29. The van der Waals surface area contributed by atoms with Gasteiger partial charge in [0.1, 0.15) is 17.7 Å². The Bertz CT molecular complexity index is 1170. The van der Waals surface area contributed by atoms with Gasteiger partial charge in [0, 0.05) is 11.8 Å². The molecule has 5 heteroatoms. The van der Waals surface area contributed by atoms with Crippen LogP contribution in [0.2, 0.25) is 0 Å². The number of aryl methyl sites for hydroxylation is 1. The van der Waals surface area contributed by atoms with Gasteiger partial charge in [-0.2, -0.15) is 0 Å². The number of cyclic esters (lactones) is 1. The molecule has 2 aromatic rings. The Kier molecular flexibility index (Phi) is 6.26. The molecule has 2 unspecified atom stereocenters. The molecule has 172 valence electrons. The summed E-state index contributed by atoms with van der Waals surface area (Å²) in [4.78, 5) is 11.8. The van der Waals surface area contributed by atoms with E-state index in [1.807, 2.05) is 36.4 Å². The van der Waals surface area contributed by atoms with E-state index in [2.05, 4.69) is 26.0 Å². The number of fused-ring (bicyclic) bond motifs is 1. The molecule has 4 rings (SSSR count). The van der Waals surface area contributed by atoms with Gasteiger partial charge in [0.25, 0.3) is 0 Å². The molecule has 0 aromatic heterocycles. The second-order valence-corrected chi connectivity index (χ2v) is 9.24. The summed E-state index contributed by atoms with van der Waals surface area (Å²) in [5.41, 5.74) is 5.08. The molecule has 0 saturated carbocycles. The maximum Gasteiger partial charge on any atom is 0.309 e. The minimum atomic E-state index is -0.704. The fourth-order valence-corrected chi connectivity index (χ4v) is 4.43. The van der Waals surface area contributed by atoms with Crippen molar-refractivity contribution in [2.24, 2.45) is 5.41 Å². The summed E-state index contributed by atoms with van der Waals surface area (Å²) in [7, 11) is 1.64. The van der Waals surface area contributed by atoms with Gasteiger partial charge in [0.15, 0.2) is 0 Å². The lowest BCUT2D eigenvalue weighted by molar-refractivity contribution is -0.156. The van der Waals surface area contributed by atoms with Gasteiger partial charge in [-0.05, 0) is 70.7 Å². The summed E-state index contributed by atoms with van der Waals surface area (Å²) < 4.78 is 25.0. The van der Waals surface area contributed by atoms with E-state index < -0.39 is 18.2 Å². The molecular formula is C28H29FO4. The Hall–Kier alpha value is -3.18. The van der Waals surface area contributed by atoms with Crippen LogP contribution in [-0.2, 0) is 9.53 Å². The number of esters is 1. The Labute approximate surface area is 194 Å². The number of halogens is 1. The molecule has 4 nitrogen and oxygen atoms in total. The van der Waals surface area contributed by atoms with Crippen molar-refractivity contribution in [1.29, 1.82) is 0 Å². The summed E-state index contributed by atoms with van der Waals surface area (Å²) in [6, 6.07) is 11.1. The van der Waals surface area contributed by atoms with E-state index in [1.165, 1.54) is 6.07 Å². The molecule has 0 radical (unpaired) electrons. The van der Waals surface area contributed by atoms with E-state index in [-0.39, 0.29) is 17.7 Å². The van der Waals surface area contributed by atoms with Crippen LogP contribution in [0.4, 0.5) is 4.39 Å². The van der Waals surface area contributed by atoms with Crippen LogP contribution in [0.1, 0.15) is 48.9 Å². The number of aliphatic hydroxyl groups is 1. The Morgan fingerprint density at radius 3 is 2.70 bits per heavy atom. The summed E-state index contributed by atoms with van der Waals surface area (Å²) in [5, 5.41) is 10.00. The first kappa shape index (κ1) is 23.0. The lowest BCUT2D eigenvalue weighted by Gasteiger charge is -2.27. The Balaban J connectivity index is 1.93. The number of methoxy groups -OCH3 is 1. The van der Waals surface area contributed by atoms with Gasteiger partial charge in [-0.15, -0.1) is 0 Å². The Morgan fingerprint density at radius 2 is 2.00 bits per heavy atom. The number of benzene rings is 2. The molecule has 33 heavy (non-hydrogen) atoms. The molecule has 0 spiro atoms. The standard InChI is InChI=1S/C28H29FO4/c1-17-13-19(5-10-25(17)29)27-23-8-6-21(32-4)14-18(23)11-12-28(2,3)24(27)9-7-22-15-20(30)16-26(31)33-22/h5-14,20,22,30H,15-16H2,1-4H3. The number of rotatable bonds is 4. The van der Waals surface area contributed by atoms with Crippen LogP contribution in [0.25, 0.3) is 11.6 Å². The first-order chi connectivity index (χ1) is 15.7. The minimum absolute atomic E-state index is 0.0244. The number of carbonyl (C=O) groups is 1. The summed E-state index contributed by atoms with van der Waals surface area (Å²) in [6.45, 7) is 5.99. The topological polar surface area (TPSA) is 55.8 Å². The second-order valence-electron chi connectivity index (χ2n) is 9.24. The highest BCUT2D eigenvalue weighted by molar-refractivity contribution is 5.90. The van der Waals surface area contributed by atoms with E-state index in [1.54, 1.807) is 20.1 Å². The lowest BCUT2D eigenvalue weighted by Crippen LogP contribution is -2.31. The van der Waals surface area contributed by atoms with Crippen LogP contribution >= 0.6 is 0 Å². The predicted octanol–water partition coefficient (Wildman–Crippen LogP) is 5.62. The van der Waals surface area contributed by atoms with Crippen LogP contribution < -0.4 is 4.74 Å². The zero-order valence-corrected chi connectivity index (χ0v) is 19.4. The number of aliphatic hydroxyl groups excluding tert-OH is 1. The maximum atomic E-state index is 14.1. The van der Waals surface area contributed by atoms with Crippen molar-refractivity contribution in [2.45, 2.75) is 45.8 Å². The smallest absolute Gasteiger partial charge is 0.309 e. The third-order valence-electron chi connectivity index (χ3n) is 6.28. The van der Waals surface area contributed by atoms with Crippen molar-refractivity contribution in [3.63, 3.8) is 0 Å². The molecule has 1 heterocycles. The van der Waals surface area contributed by atoms with Crippen molar-refractivity contribution in [1.82, 2.24) is 0 Å². The molecule has 2 aliphatic rings. The van der Waals surface area contributed by atoms with Gasteiger partial charge < -0.3 is 14.6 Å². The summed E-state index contributed by atoms with van der Waals surface area (Å²) in [5.74, 6) is 0.109. The van der Waals surface area contributed by atoms with Crippen molar-refractivity contribution < 1.29 is 23.8 Å². The van der Waals surface area contributed by atoms with Crippen LogP contribution in [0.5, 0.6) is 5.75 Å². The van der Waals surface area contributed by atoms with Crippen LogP contribution in [0.15, 0.2) is 60.2 Å². The van der Waals surface area contributed by atoms with E-state index in [0.717, 1.165) is 33.6 Å². The van der Waals surface area contributed by atoms with Gasteiger partial charge in [-0.1, -0.05) is 44.2 Å². The van der Waals surface area contributed by atoms with Crippen molar-refractivity contribution in [3.05, 3.63) is 88.3 Å². The first-order valence-electron chi connectivity index (χ1n) is 11.1. The molecule has 1 aliphatic carbocycles. The number of ether oxygens (including phenoxy) is 2. The molecule has 1 aliphatic heterocycles. The molecule has 1 N–H and O–H groups in total. The summed E-state index contributed by atoms with van der Waals surface area (Å²) >= 11 is 0. The normalized spacial score (nSPS) is 22.2.